The van der Waals surface area contributed by atoms with Gasteiger partial charge in [0.05, 0.1) is 0 Å². The van der Waals surface area contributed by atoms with Crippen LogP contribution < -0.4 is 10.6 Å². The van der Waals surface area contributed by atoms with E-state index in [1.165, 1.54) is 0 Å². The highest BCUT2D eigenvalue weighted by atomic mass is 35.5. The molecule has 3 heterocycles. The van der Waals surface area contributed by atoms with E-state index in [0.717, 1.165) is 22.0 Å². The van der Waals surface area contributed by atoms with Crippen molar-refractivity contribution in [2.75, 3.05) is 18.4 Å². The van der Waals surface area contributed by atoms with Gasteiger partial charge in [0.1, 0.15) is 11.9 Å². The van der Waals surface area contributed by atoms with Crippen molar-refractivity contribution in [3.63, 3.8) is 0 Å². The number of nitrogens with one attached hydrogen (secondary N) is 2. The summed E-state index contributed by atoms with van der Waals surface area (Å²) in [6.07, 6.45) is 3.11. The van der Waals surface area contributed by atoms with Gasteiger partial charge < -0.3 is 10.6 Å². The number of nitrogens with zero attached hydrogens (tertiary/aromatic N) is 3. The van der Waals surface area contributed by atoms with Crippen molar-refractivity contribution in [1.82, 2.24) is 20.5 Å². The van der Waals surface area contributed by atoms with Crippen molar-refractivity contribution in [3.8, 4) is 11.3 Å². The lowest BCUT2D eigenvalue weighted by atomic mass is 10.0. The number of benzene rings is 1. The molecule has 1 aliphatic heterocycles. The number of piperidine rings is 1. The minimum Gasteiger partial charge on any atom is -0.364 e. The molecule has 0 radical (unpaired) electrons. The fourth-order valence-electron chi connectivity index (χ4n) is 3.12. The maximum Gasteiger partial charge on any atom is 0.156 e. The quantitative estimate of drug-likeness (QED) is 0.751. The Kier molecular flexibility index (Phi) is 4.46. The number of halogens is 2. The summed E-state index contributed by atoms with van der Waals surface area (Å²) in [5.74, 6) is 0.649. The minimum atomic E-state index is -0.847. The van der Waals surface area contributed by atoms with Gasteiger partial charge in [-0.05, 0) is 18.2 Å². The van der Waals surface area contributed by atoms with Crippen molar-refractivity contribution in [2.24, 2.45) is 0 Å². The second kappa shape index (κ2) is 6.90. The molecule has 1 aromatic carbocycles. The first-order valence-electron chi connectivity index (χ1n) is 8.18. The van der Waals surface area contributed by atoms with Crippen LogP contribution in [0.5, 0.6) is 0 Å². The molecule has 2 aromatic heterocycles. The molecule has 5 nitrogen and oxygen atoms in total. The molecule has 2 N–H and O–H groups in total. The standard InChI is InChI=1S/C18H17ClFN5/c19-12-3-1-11(2-4-12)17-16-10-21-6-5-15(16)18(25-24-17)23-14-7-13(20)8-22-9-14/h1-6,10,13-14,22H,7-9H2,(H,23,25)/t13-,14-/m1/s1. The van der Waals surface area contributed by atoms with Crippen LogP contribution in [-0.2, 0) is 0 Å². The molecule has 0 spiro atoms. The van der Waals surface area contributed by atoms with E-state index in [1.54, 1.807) is 12.4 Å². The number of anilines is 1. The van der Waals surface area contributed by atoms with Crippen molar-refractivity contribution in [1.29, 1.82) is 0 Å². The van der Waals surface area contributed by atoms with Gasteiger partial charge in [-0.15, -0.1) is 10.2 Å². The summed E-state index contributed by atoms with van der Waals surface area (Å²) in [4.78, 5) is 4.22. The van der Waals surface area contributed by atoms with Crippen LogP contribution in [0.2, 0.25) is 5.02 Å². The lowest BCUT2D eigenvalue weighted by Gasteiger charge is -2.27. The highest BCUT2D eigenvalue weighted by Crippen LogP contribution is 2.30. The molecule has 0 amide bonds. The summed E-state index contributed by atoms with van der Waals surface area (Å²) >= 11 is 5.97. The first-order chi connectivity index (χ1) is 12.2. The number of fused-ring (bicyclic) bond motifs is 1. The Morgan fingerprint density at radius 3 is 2.72 bits per heavy atom. The van der Waals surface area contributed by atoms with Crippen LogP contribution in [0.3, 0.4) is 0 Å². The molecule has 7 heteroatoms. The number of rotatable bonds is 3. The van der Waals surface area contributed by atoms with Crippen LogP contribution in [0.15, 0.2) is 42.7 Å². The van der Waals surface area contributed by atoms with Crippen molar-refractivity contribution in [2.45, 2.75) is 18.6 Å². The summed E-state index contributed by atoms with van der Waals surface area (Å²) in [6.45, 7) is 1.11. The molecular formula is C18H17ClFN5. The third kappa shape index (κ3) is 3.41. The fraction of sp³-hybridized carbons (Fsp3) is 0.278. The van der Waals surface area contributed by atoms with Crippen molar-refractivity contribution < 1.29 is 4.39 Å². The molecular weight excluding hydrogens is 341 g/mol. The van der Waals surface area contributed by atoms with Crippen LogP contribution in [0.25, 0.3) is 22.0 Å². The molecule has 0 aliphatic carbocycles. The van der Waals surface area contributed by atoms with Gasteiger partial charge in [-0.2, -0.15) is 0 Å². The van der Waals surface area contributed by atoms with Crippen LogP contribution in [0.1, 0.15) is 6.42 Å². The zero-order valence-corrected chi connectivity index (χ0v) is 14.2. The minimum absolute atomic E-state index is 0.0178. The van der Waals surface area contributed by atoms with Gasteiger partial charge in [0.2, 0.25) is 0 Å². The second-order valence-corrected chi connectivity index (χ2v) is 6.59. The van der Waals surface area contributed by atoms with E-state index in [4.69, 9.17) is 11.6 Å². The molecule has 0 unspecified atom stereocenters. The smallest absolute Gasteiger partial charge is 0.156 e. The Bertz CT molecular complexity index is 886. The lowest BCUT2D eigenvalue weighted by molar-refractivity contribution is 0.255. The van der Waals surface area contributed by atoms with Crippen molar-refractivity contribution >= 4 is 28.2 Å². The predicted molar refractivity (Wildman–Crippen MR) is 97.6 cm³/mol. The summed E-state index contributed by atoms with van der Waals surface area (Å²) < 4.78 is 13.6. The molecule has 0 saturated carbocycles. The van der Waals surface area contributed by atoms with Crippen LogP contribution in [0.4, 0.5) is 10.2 Å². The Hall–Kier alpha value is -2.31. The van der Waals surface area contributed by atoms with Gasteiger partial charge in [0, 0.05) is 59.3 Å². The number of hydrogen-bond acceptors (Lipinski definition) is 5. The average molecular weight is 358 g/mol. The topological polar surface area (TPSA) is 62.7 Å². The first kappa shape index (κ1) is 16.2. The van der Waals surface area contributed by atoms with Gasteiger partial charge in [0.25, 0.3) is 0 Å². The van der Waals surface area contributed by atoms with Crippen LogP contribution in [-0.4, -0.2) is 40.5 Å². The van der Waals surface area contributed by atoms with Crippen molar-refractivity contribution in [3.05, 3.63) is 47.7 Å². The van der Waals surface area contributed by atoms with E-state index in [1.807, 2.05) is 30.3 Å². The molecule has 0 bridgehead atoms. The Morgan fingerprint density at radius 1 is 1.08 bits per heavy atom. The molecule has 128 valence electrons. The van der Waals surface area contributed by atoms with Crippen LogP contribution >= 0.6 is 11.6 Å². The Labute approximate surface area is 149 Å². The number of pyridine rings is 1. The van der Waals surface area contributed by atoms with Crippen LogP contribution in [0, 0.1) is 0 Å². The highest BCUT2D eigenvalue weighted by molar-refractivity contribution is 6.30. The third-order valence-corrected chi connectivity index (χ3v) is 4.59. The molecule has 1 aliphatic rings. The monoisotopic (exact) mass is 357 g/mol. The van der Waals surface area contributed by atoms with Gasteiger partial charge in [0.15, 0.2) is 5.82 Å². The second-order valence-electron chi connectivity index (χ2n) is 6.16. The summed E-state index contributed by atoms with van der Waals surface area (Å²) in [5.41, 5.74) is 1.67. The largest absolute Gasteiger partial charge is 0.364 e. The SMILES string of the molecule is F[C@H]1CNC[C@H](Nc2nnc(-c3ccc(Cl)cc3)c3cnccc23)C1. The van der Waals surface area contributed by atoms with E-state index in [9.17, 15) is 4.39 Å². The molecule has 3 aromatic rings. The predicted octanol–water partition coefficient (Wildman–Crippen LogP) is 3.46. The number of aromatic nitrogens is 3. The van der Waals surface area contributed by atoms with E-state index in [2.05, 4.69) is 25.8 Å². The first-order valence-corrected chi connectivity index (χ1v) is 8.56. The number of alkyl halides is 1. The zero-order valence-electron chi connectivity index (χ0n) is 13.4. The third-order valence-electron chi connectivity index (χ3n) is 4.34. The molecule has 25 heavy (non-hydrogen) atoms. The van der Waals surface area contributed by atoms with Gasteiger partial charge >= 0.3 is 0 Å². The summed E-state index contributed by atoms with van der Waals surface area (Å²) in [5, 5.41) is 17.6. The maximum absolute atomic E-state index is 13.6. The normalized spacial score (nSPS) is 20.6. The molecule has 1 saturated heterocycles. The number of hydrogen-bond donors (Lipinski definition) is 2. The van der Waals surface area contributed by atoms with Gasteiger partial charge in [-0.1, -0.05) is 23.7 Å². The summed E-state index contributed by atoms with van der Waals surface area (Å²) in [6, 6.07) is 9.34. The van der Waals surface area contributed by atoms with E-state index in [0.29, 0.717) is 30.4 Å². The molecule has 1 fully saturated rings. The van der Waals surface area contributed by atoms with E-state index >= 15 is 0 Å². The highest BCUT2D eigenvalue weighted by Gasteiger charge is 2.22. The fourth-order valence-corrected chi connectivity index (χ4v) is 3.24. The summed E-state index contributed by atoms with van der Waals surface area (Å²) in [7, 11) is 0. The van der Waals surface area contributed by atoms with E-state index < -0.39 is 6.17 Å². The Morgan fingerprint density at radius 2 is 1.92 bits per heavy atom. The molecule has 2 atom stereocenters. The molecule has 4 rings (SSSR count). The lowest BCUT2D eigenvalue weighted by Crippen LogP contribution is -2.44. The van der Waals surface area contributed by atoms with E-state index in [-0.39, 0.29) is 6.04 Å². The van der Waals surface area contributed by atoms with Gasteiger partial charge in [-0.25, -0.2) is 4.39 Å². The Balaban J connectivity index is 1.73. The zero-order chi connectivity index (χ0) is 17.2. The average Bonchev–Trinajstić information content (AvgIpc) is 2.63. The van der Waals surface area contributed by atoms with Gasteiger partial charge in [-0.3, -0.25) is 4.98 Å². The maximum atomic E-state index is 13.6.